The van der Waals surface area contributed by atoms with Crippen LogP contribution in [-0.4, -0.2) is 67.1 Å². The number of piperazine rings is 1. The predicted molar refractivity (Wildman–Crippen MR) is 123 cm³/mol. The highest BCUT2D eigenvalue weighted by atomic mass is 32.1. The van der Waals surface area contributed by atoms with Gasteiger partial charge in [0.25, 0.3) is 0 Å². The van der Waals surface area contributed by atoms with Gasteiger partial charge in [-0.05, 0) is 32.4 Å². The molecule has 29 heavy (non-hydrogen) atoms. The van der Waals surface area contributed by atoms with Gasteiger partial charge in [0.1, 0.15) is 0 Å². The molecule has 0 aliphatic carbocycles. The topological polar surface area (TPSA) is 55.8 Å². The molecule has 2 N–H and O–H groups in total. The van der Waals surface area contributed by atoms with Gasteiger partial charge in [-0.2, -0.15) is 0 Å². The van der Waals surface area contributed by atoms with Crippen molar-refractivity contribution in [3.8, 4) is 0 Å². The van der Waals surface area contributed by atoms with Crippen LogP contribution in [0.4, 0.5) is 0 Å². The summed E-state index contributed by atoms with van der Waals surface area (Å²) in [5.41, 5.74) is 2.52. The zero-order valence-corrected chi connectivity index (χ0v) is 18.8. The molecule has 0 saturated carbocycles. The molecule has 1 aromatic heterocycles. The number of rotatable bonds is 8. The summed E-state index contributed by atoms with van der Waals surface area (Å²) in [5.74, 6) is 0.864. The third-order valence-electron chi connectivity index (χ3n) is 5.30. The monoisotopic (exact) mass is 414 g/mol. The van der Waals surface area contributed by atoms with Crippen molar-refractivity contribution in [2.75, 3.05) is 46.3 Å². The normalized spacial score (nSPS) is 16.2. The molecular weight excluding hydrogens is 380 g/mol. The van der Waals surface area contributed by atoms with Gasteiger partial charge < -0.3 is 15.5 Å². The lowest BCUT2D eigenvalue weighted by Crippen LogP contribution is -2.46. The molecule has 1 aromatic carbocycles. The molecule has 0 atom stereocenters. The molecule has 1 fully saturated rings. The lowest BCUT2D eigenvalue weighted by molar-refractivity contribution is 0.126. The minimum atomic E-state index is 0.778. The van der Waals surface area contributed by atoms with Crippen LogP contribution < -0.4 is 10.6 Å². The molecule has 7 heteroatoms. The van der Waals surface area contributed by atoms with Gasteiger partial charge in [-0.25, -0.2) is 4.98 Å². The van der Waals surface area contributed by atoms with Crippen LogP contribution in [0.5, 0.6) is 0 Å². The number of hydrogen-bond donors (Lipinski definition) is 2. The van der Waals surface area contributed by atoms with Gasteiger partial charge in [0, 0.05) is 51.2 Å². The number of thiazole rings is 1. The molecular formula is C22H34N6S. The van der Waals surface area contributed by atoms with Crippen molar-refractivity contribution in [3.63, 3.8) is 0 Å². The Kier molecular flexibility index (Phi) is 8.46. The lowest BCUT2D eigenvalue weighted by Gasteiger charge is -2.34. The number of nitrogens with one attached hydrogen (secondary N) is 2. The quantitative estimate of drug-likeness (QED) is 0.395. The van der Waals surface area contributed by atoms with Gasteiger partial charge in [0.2, 0.25) is 0 Å². The summed E-state index contributed by atoms with van der Waals surface area (Å²) >= 11 is 1.75. The van der Waals surface area contributed by atoms with E-state index in [1.54, 1.807) is 11.3 Å². The van der Waals surface area contributed by atoms with Crippen molar-refractivity contribution in [2.24, 2.45) is 4.99 Å². The Bertz CT molecular complexity index is 765. The van der Waals surface area contributed by atoms with Gasteiger partial charge in [0.05, 0.1) is 17.2 Å². The van der Waals surface area contributed by atoms with Crippen molar-refractivity contribution < 1.29 is 0 Å². The summed E-state index contributed by atoms with van der Waals surface area (Å²) in [4.78, 5) is 15.2. The molecule has 3 rings (SSSR count). The van der Waals surface area contributed by atoms with Gasteiger partial charge in [-0.1, -0.05) is 30.3 Å². The molecule has 158 valence electrons. The summed E-state index contributed by atoms with van der Waals surface area (Å²) in [6, 6.07) is 10.8. The van der Waals surface area contributed by atoms with Crippen LogP contribution in [0.1, 0.15) is 27.6 Å². The molecule has 1 aliphatic heterocycles. The summed E-state index contributed by atoms with van der Waals surface area (Å²) in [6.45, 7) is 12.6. The predicted octanol–water partition coefficient (Wildman–Crippen LogP) is 2.63. The Morgan fingerprint density at radius 1 is 1.07 bits per heavy atom. The highest BCUT2D eigenvalue weighted by molar-refractivity contribution is 7.11. The summed E-state index contributed by atoms with van der Waals surface area (Å²) < 4.78 is 0. The number of hydrogen-bond acceptors (Lipinski definition) is 5. The average Bonchev–Trinajstić information content (AvgIpc) is 3.06. The second kappa shape index (κ2) is 11.3. The van der Waals surface area contributed by atoms with Crippen molar-refractivity contribution in [1.82, 2.24) is 25.4 Å². The summed E-state index contributed by atoms with van der Waals surface area (Å²) in [6.07, 6.45) is 1.12. The van der Waals surface area contributed by atoms with Crippen molar-refractivity contribution in [1.29, 1.82) is 0 Å². The van der Waals surface area contributed by atoms with E-state index in [0.717, 1.165) is 75.4 Å². The molecule has 0 unspecified atom stereocenters. The van der Waals surface area contributed by atoms with Crippen LogP contribution in [0.25, 0.3) is 0 Å². The summed E-state index contributed by atoms with van der Waals surface area (Å²) in [5, 5.41) is 7.95. The molecule has 0 radical (unpaired) electrons. The fraction of sp³-hybridized carbons (Fsp3) is 0.545. The Morgan fingerprint density at radius 3 is 2.45 bits per heavy atom. The Balaban J connectivity index is 1.28. The third-order valence-corrected chi connectivity index (χ3v) is 6.37. The van der Waals surface area contributed by atoms with Crippen molar-refractivity contribution in [3.05, 3.63) is 51.5 Å². The van der Waals surface area contributed by atoms with Gasteiger partial charge in [-0.3, -0.25) is 9.89 Å². The molecule has 0 bridgehead atoms. The molecule has 1 aliphatic rings. The third kappa shape index (κ3) is 7.10. The first kappa shape index (κ1) is 21.7. The van der Waals surface area contributed by atoms with Crippen LogP contribution in [0, 0.1) is 13.8 Å². The van der Waals surface area contributed by atoms with Crippen LogP contribution in [0.3, 0.4) is 0 Å². The SMILES string of the molecule is CN=C(NCCCN1CCN(Cc2ccccc2)CC1)NCc1sc(C)nc1C. The highest BCUT2D eigenvalue weighted by Crippen LogP contribution is 2.16. The van der Waals surface area contributed by atoms with E-state index >= 15 is 0 Å². The number of aliphatic imine (C=N–C) groups is 1. The minimum absolute atomic E-state index is 0.778. The van der Waals surface area contributed by atoms with E-state index in [9.17, 15) is 0 Å². The zero-order chi connectivity index (χ0) is 20.5. The number of aromatic nitrogens is 1. The van der Waals surface area contributed by atoms with Crippen LogP contribution in [0.2, 0.25) is 0 Å². The first-order valence-corrected chi connectivity index (χ1v) is 11.3. The number of benzene rings is 1. The molecule has 1 saturated heterocycles. The standard InChI is InChI=1S/C22H34N6S/c1-18-21(29-19(2)26-18)16-25-22(23-3)24-10-7-11-27-12-14-28(15-13-27)17-20-8-5-4-6-9-20/h4-6,8-9H,7,10-17H2,1-3H3,(H2,23,24,25). The minimum Gasteiger partial charge on any atom is -0.356 e. The Labute approximate surface area is 179 Å². The van der Waals surface area contributed by atoms with Gasteiger partial charge in [0.15, 0.2) is 5.96 Å². The number of guanidine groups is 1. The molecule has 2 aromatic rings. The molecule has 6 nitrogen and oxygen atoms in total. The molecule has 0 amide bonds. The van der Waals surface area contributed by atoms with Crippen LogP contribution in [0.15, 0.2) is 35.3 Å². The highest BCUT2D eigenvalue weighted by Gasteiger charge is 2.16. The second-order valence-electron chi connectivity index (χ2n) is 7.55. The largest absolute Gasteiger partial charge is 0.356 e. The average molecular weight is 415 g/mol. The van der Waals surface area contributed by atoms with E-state index in [1.807, 2.05) is 7.05 Å². The maximum absolute atomic E-state index is 4.48. The maximum Gasteiger partial charge on any atom is 0.191 e. The van der Waals surface area contributed by atoms with Crippen molar-refractivity contribution >= 4 is 17.3 Å². The van der Waals surface area contributed by atoms with Crippen molar-refractivity contribution in [2.45, 2.75) is 33.4 Å². The van der Waals surface area contributed by atoms with E-state index in [-0.39, 0.29) is 0 Å². The van der Waals surface area contributed by atoms with Crippen LogP contribution in [-0.2, 0) is 13.1 Å². The fourth-order valence-electron chi connectivity index (χ4n) is 3.64. The Hall–Kier alpha value is -1.96. The van der Waals surface area contributed by atoms with Crippen LogP contribution >= 0.6 is 11.3 Å². The van der Waals surface area contributed by atoms with E-state index in [2.05, 4.69) is 74.6 Å². The zero-order valence-electron chi connectivity index (χ0n) is 17.9. The Morgan fingerprint density at radius 2 is 1.79 bits per heavy atom. The molecule has 2 heterocycles. The lowest BCUT2D eigenvalue weighted by atomic mass is 10.2. The van der Waals surface area contributed by atoms with E-state index in [1.165, 1.54) is 10.4 Å². The van der Waals surface area contributed by atoms with E-state index in [0.29, 0.717) is 0 Å². The first-order valence-electron chi connectivity index (χ1n) is 10.5. The number of nitrogens with zero attached hydrogens (tertiary/aromatic N) is 4. The van der Waals surface area contributed by atoms with E-state index in [4.69, 9.17) is 0 Å². The summed E-state index contributed by atoms with van der Waals surface area (Å²) in [7, 11) is 1.83. The van der Waals surface area contributed by atoms with Gasteiger partial charge >= 0.3 is 0 Å². The second-order valence-corrected chi connectivity index (χ2v) is 8.84. The number of aryl methyl sites for hydroxylation is 2. The molecule has 0 spiro atoms. The first-order chi connectivity index (χ1) is 14.1. The fourth-order valence-corrected chi connectivity index (χ4v) is 4.52. The maximum atomic E-state index is 4.48. The van der Waals surface area contributed by atoms with Gasteiger partial charge in [-0.15, -0.1) is 11.3 Å². The smallest absolute Gasteiger partial charge is 0.191 e. The van der Waals surface area contributed by atoms with E-state index < -0.39 is 0 Å².